The van der Waals surface area contributed by atoms with E-state index in [9.17, 15) is 14.9 Å². The number of non-ortho nitro benzene ring substituents is 1. The average Bonchev–Trinajstić information content (AvgIpc) is 2.47. The first-order valence-corrected chi connectivity index (χ1v) is 6.52. The van der Waals surface area contributed by atoms with Crippen molar-refractivity contribution in [3.63, 3.8) is 0 Å². The second kappa shape index (κ2) is 6.33. The largest absolute Gasteiger partial charge is 0.464 e. The summed E-state index contributed by atoms with van der Waals surface area (Å²) in [5, 5.41) is 14.0. The van der Waals surface area contributed by atoms with Crippen molar-refractivity contribution in [3.8, 4) is 0 Å². The maximum Gasteiger partial charge on any atom is 0.330 e. The van der Waals surface area contributed by atoms with Gasteiger partial charge in [0.25, 0.3) is 5.69 Å². The van der Waals surface area contributed by atoms with Crippen molar-refractivity contribution in [3.05, 3.63) is 34.4 Å². The van der Waals surface area contributed by atoms with E-state index in [-0.39, 0.29) is 11.7 Å². The lowest BCUT2D eigenvalue weighted by molar-refractivity contribution is -0.384. The maximum atomic E-state index is 12.0. The van der Waals surface area contributed by atoms with E-state index in [1.807, 2.05) is 4.90 Å². The molecule has 1 atom stereocenters. The zero-order chi connectivity index (χ0) is 14.5. The van der Waals surface area contributed by atoms with E-state index in [1.165, 1.54) is 12.1 Å². The number of benzene rings is 1. The number of anilines is 1. The minimum absolute atomic E-state index is 0.0173. The minimum atomic E-state index is -0.453. The van der Waals surface area contributed by atoms with Crippen molar-refractivity contribution in [2.75, 3.05) is 31.1 Å². The summed E-state index contributed by atoms with van der Waals surface area (Å²) in [6.45, 7) is 3.87. The first-order chi connectivity index (χ1) is 9.63. The molecule has 0 aliphatic carbocycles. The fourth-order valence-corrected chi connectivity index (χ4v) is 2.25. The molecular weight excluding hydrogens is 262 g/mol. The Morgan fingerprint density at radius 1 is 1.60 bits per heavy atom. The Hall–Kier alpha value is -2.15. The SMILES string of the molecule is CCOC(=O)C1CNCCN1c1cccc([N+](=O)[O-])c1. The molecule has 0 radical (unpaired) electrons. The Morgan fingerprint density at radius 2 is 2.40 bits per heavy atom. The highest BCUT2D eigenvalue weighted by molar-refractivity contribution is 5.81. The predicted octanol–water partition coefficient (Wildman–Crippen LogP) is 0.936. The summed E-state index contributed by atoms with van der Waals surface area (Å²) < 4.78 is 5.06. The number of nitrogens with one attached hydrogen (secondary N) is 1. The molecule has 7 heteroatoms. The lowest BCUT2D eigenvalue weighted by Crippen LogP contribution is -2.55. The van der Waals surface area contributed by atoms with Gasteiger partial charge in [-0.25, -0.2) is 4.79 Å². The Bertz CT molecular complexity index is 506. The van der Waals surface area contributed by atoms with Crippen LogP contribution in [0.15, 0.2) is 24.3 Å². The van der Waals surface area contributed by atoms with Crippen molar-refractivity contribution in [1.82, 2.24) is 5.32 Å². The van der Waals surface area contributed by atoms with Crippen molar-refractivity contribution >= 4 is 17.3 Å². The fourth-order valence-electron chi connectivity index (χ4n) is 2.25. The van der Waals surface area contributed by atoms with Crippen molar-refractivity contribution in [1.29, 1.82) is 0 Å². The van der Waals surface area contributed by atoms with Gasteiger partial charge >= 0.3 is 5.97 Å². The molecule has 1 saturated heterocycles. The summed E-state index contributed by atoms with van der Waals surface area (Å²) in [4.78, 5) is 24.2. The normalized spacial score (nSPS) is 18.6. The molecule has 0 bridgehead atoms. The summed E-state index contributed by atoms with van der Waals surface area (Å²) >= 11 is 0. The van der Waals surface area contributed by atoms with Crippen LogP contribution < -0.4 is 10.2 Å². The van der Waals surface area contributed by atoms with Crippen LogP contribution in [0.4, 0.5) is 11.4 Å². The lowest BCUT2D eigenvalue weighted by Gasteiger charge is -2.36. The number of hydrogen-bond acceptors (Lipinski definition) is 6. The number of hydrogen-bond donors (Lipinski definition) is 1. The van der Waals surface area contributed by atoms with Crippen LogP contribution in [0.3, 0.4) is 0 Å². The molecule has 20 heavy (non-hydrogen) atoms. The zero-order valence-electron chi connectivity index (χ0n) is 11.2. The molecule has 108 valence electrons. The van der Waals surface area contributed by atoms with Gasteiger partial charge in [-0.05, 0) is 13.0 Å². The Labute approximate surface area is 116 Å². The third kappa shape index (κ3) is 3.05. The van der Waals surface area contributed by atoms with Crippen LogP contribution in [-0.4, -0.2) is 43.2 Å². The number of esters is 1. The second-order valence-electron chi connectivity index (χ2n) is 4.44. The molecule has 0 saturated carbocycles. The molecule has 0 amide bonds. The Kier molecular flexibility index (Phi) is 4.52. The number of rotatable bonds is 4. The minimum Gasteiger partial charge on any atom is -0.464 e. The van der Waals surface area contributed by atoms with Gasteiger partial charge in [-0.1, -0.05) is 6.07 Å². The molecule has 0 aromatic heterocycles. The number of nitrogens with zero attached hydrogens (tertiary/aromatic N) is 2. The number of ether oxygens (including phenoxy) is 1. The van der Waals surface area contributed by atoms with E-state index in [0.29, 0.717) is 25.4 Å². The molecule has 1 fully saturated rings. The summed E-state index contributed by atoms with van der Waals surface area (Å²) in [5.41, 5.74) is 0.683. The van der Waals surface area contributed by atoms with Crippen LogP contribution in [0, 0.1) is 10.1 Å². The number of carbonyl (C=O) groups is 1. The molecule has 1 heterocycles. The number of nitro benzene ring substituents is 1. The first kappa shape index (κ1) is 14.3. The van der Waals surface area contributed by atoms with Gasteiger partial charge in [0.1, 0.15) is 6.04 Å². The number of nitro groups is 1. The van der Waals surface area contributed by atoms with Crippen LogP contribution >= 0.6 is 0 Å². The molecule has 2 rings (SSSR count). The summed E-state index contributed by atoms with van der Waals surface area (Å²) in [6, 6.07) is 5.86. The highest BCUT2D eigenvalue weighted by Gasteiger charge is 2.30. The standard InChI is InChI=1S/C13H17N3O4/c1-2-20-13(17)12-9-14-6-7-15(12)10-4-3-5-11(8-10)16(18)19/h3-5,8,12,14H,2,6-7,9H2,1H3. The van der Waals surface area contributed by atoms with Gasteiger partial charge in [0.15, 0.2) is 0 Å². The van der Waals surface area contributed by atoms with E-state index in [4.69, 9.17) is 4.74 Å². The molecule has 1 N–H and O–H groups in total. The number of carbonyl (C=O) groups excluding carboxylic acids is 1. The van der Waals surface area contributed by atoms with Gasteiger partial charge in [0.2, 0.25) is 0 Å². The quantitative estimate of drug-likeness (QED) is 0.501. The summed E-state index contributed by atoms with van der Waals surface area (Å²) in [6.07, 6.45) is 0. The Morgan fingerprint density at radius 3 is 3.10 bits per heavy atom. The van der Waals surface area contributed by atoms with Crippen LogP contribution in [0.5, 0.6) is 0 Å². The van der Waals surface area contributed by atoms with E-state index in [2.05, 4.69) is 5.32 Å². The molecular formula is C13H17N3O4. The first-order valence-electron chi connectivity index (χ1n) is 6.52. The van der Waals surface area contributed by atoms with E-state index < -0.39 is 11.0 Å². The smallest absolute Gasteiger partial charge is 0.330 e. The van der Waals surface area contributed by atoms with Crippen molar-refractivity contribution < 1.29 is 14.5 Å². The highest BCUT2D eigenvalue weighted by Crippen LogP contribution is 2.24. The van der Waals surface area contributed by atoms with Crippen molar-refractivity contribution in [2.45, 2.75) is 13.0 Å². The summed E-state index contributed by atoms with van der Waals surface area (Å²) in [7, 11) is 0. The van der Waals surface area contributed by atoms with E-state index in [1.54, 1.807) is 19.1 Å². The van der Waals surface area contributed by atoms with Gasteiger partial charge in [0.05, 0.1) is 11.5 Å². The zero-order valence-corrected chi connectivity index (χ0v) is 11.2. The molecule has 0 spiro atoms. The van der Waals surface area contributed by atoms with Crippen LogP contribution in [0.1, 0.15) is 6.92 Å². The maximum absolute atomic E-state index is 12.0. The van der Waals surface area contributed by atoms with Gasteiger partial charge in [-0.15, -0.1) is 0 Å². The molecule has 1 unspecified atom stereocenters. The van der Waals surface area contributed by atoms with Gasteiger partial charge in [-0.3, -0.25) is 10.1 Å². The van der Waals surface area contributed by atoms with Gasteiger partial charge < -0.3 is 15.0 Å². The van der Waals surface area contributed by atoms with Gasteiger partial charge in [0, 0.05) is 37.5 Å². The van der Waals surface area contributed by atoms with E-state index >= 15 is 0 Å². The highest BCUT2D eigenvalue weighted by atomic mass is 16.6. The van der Waals surface area contributed by atoms with Gasteiger partial charge in [-0.2, -0.15) is 0 Å². The van der Waals surface area contributed by atoms with Crippen LogP contribution in [0.2, 0.25) is 0 Å². The third-order valence-corrected chi connectivity index (χ3v) is 3.17. The van der Waals surface area contributed by atoms with Crippen LogP contribution in [0.25, 0.3) is 0 Å². The fraction of sp³-hybridized carbons (Fsp3) is 0.462. The second-order valence-corrected chi connectivity index (χ2v) is 4.44. The van der Waals surface area contributed by atoms with E-state index in [0.717, 1.165) is 6.54 Å². The average molecular weight is 279 g/mol. The molecule has 1 aliphatic rings. The Balaban J connectivity index is 2.25. The molecule has 1 aromatic rings. The van der Waals surface area contributed by atoms with Crippen LogP contribution in [-0.2, 0) is 9.53 Å². The topological polar surface area (TPSA) is 84.7 Å². The van der Waals surface area contributed by atoms with Crippen molar-refractivity contribution in [2.24, 2.45) is 0 Å². The molecule has 1 aromatic carbocycles. The molecule has 1 aliphatic heterocycles. The molecule has 7 nitrogen and oxygen atoms in total. The summed E-state index contributed by atoms with van der Waals surface area (Å²) in [5.74, 6) is -0.314. The third-order valence-electron chi connectivity index (χ3n) is 3.17. The monoisotopic (exact) mass is 279 g/mol. The predicted molar refractivity (Wildman–Crippen MR) is 73.7 cm³/mol. The lowest BCUT2D eigenvalue weighted by atomic mass is 10.1. The number of piperazine rings is 1.